The largest absolute Gasteiger partial charge is 0.480 e. The van der Waals surface area contributed by atoms with Crippen molar-refractivity contribution in [1.29, 1.82) is 0 Å². The van der Waals surface area contributed by atoms with Crippen molar-refractivity contribution in [2.24, 2.45) is 5.73 Å². The maximum Gasteiger partial charge on any atom is 0.323 e. The van der Waals surface area contributed by atoms with Crippen LogP contribution in [0.1, 0.15) is 13.3 Å². The van der Waals surface area contributed by atoms with Gasteiger partial charge >= 0.3 is 5.97 Å². The fourth-order valence-corrected chi connectivity index (χ4v) is 0.887. The van der Waals surface area contributed by atoms with Crippen molar-refractivity contribution < 1.29 is 9.90 Å². The fraction of sp³-hybridized carbons (Fsp3) is 0.500. The second-order valence-electron chi connectivity index (χ2n) is 3.27. The number of carbonyl (C=O) groups is 1. The van der Waals surface area contributed by atoms with Crippen molar-refractivity contribution in [2.75, 3.05) is 0 Å². The fourth-order valence-electron chi connectivity index (χ4n) is 0.887. The van der Waals surface area contributed by atoms with E-state index in [1.807, 2.05) is 0 Å². The van der Waals surface area contributed by atoms with Crippen LogP contribution in [0.5, 0.6) is 0 Å². The Bertz CT molecular complexity index is 280. The van der Waals surface area contributed by atoms with Crippen molar-refractivity contribution in [3.8, 4) is 0 Å². The Hall–Kier alpha value is -1.36. The quantitative estimate of drug-likeness (QED) is 0.692. The molecule has 1 aromatic rings. The van der Waals surface area contributed by atoms with Gasteiger partial charge in [-0.2, -0.15) is 0 Å². The third-order valence-corrected chi connectivity index (χ3v) is 1.94. The minimum Gasteiger partial charge on any atom is -0.480 e. The molecule has 0 aromatic carbocycles. The first kappa shape index (κ1) is 9.73. The molecule has 0 amide bonds. The Morgan fingerprint density at radius 2 is 2.46 bits per heavy atom. The van der Waals surface area contributed by atoms with E-state index in [-0.39, 0.29) is 0 Å². The topological polar surface area (TPSA) is 81.1 Å². The molecule has 5 heteroatoms. The van der Waals surface area contributed by atoms with Gasteiger partial charge in [0.1, 0.15) is 5.54 Å². The summed E-state index contributed by atoms with van der Waals surface area (Å²) < 4.78 is 1.80. The number of imidazole rings is 1. The van der Waals surface area contributed by atoms with E-state index in [0.29, 0.717) is 13.0 Å². The standard InChI is InChI=1S/C8H13N3O2/c1-8(9,7(12)13)2-4-11-5-3-10-6-11/h3,5-6H,2,4,9H2,1H3,(H,12,13). The predicted octanol–water partition coefficient (Wildman–Crippen LogP) is 0.0752. The van der Waals surface area contributed by atoms with E-state index >= 15 is 0 Å². The first-order valence-electron chi connectivity index (χ1n) is 4.00. The maximum absolute atomic E-state index is 10.6. The normalized spacial score (nSPS) is 15.2. The molecule has 0 aliphatic heterocycles. The molecule has 0 aliphatic rings. The highest BCUT2D eigenvalue weighted by Gasteiger charge is 2.27. The second-order valence-corrected chi connectivity index (χ2v) is 3.27. The molecule has 0 radical (unpaired) electrons. The number of rotatable bonds is 4. The van der Waals surface area contributed by atoms with E-state index in [1.54, 1.807) is 23.3 Å². The molecular weight excluding hydrogens is 170 g/mol. The summed E-state index contributed by atoms with van der Waals surface area (Å²) in [7, 11) is 0. The molecular formula is C8H13N3O2. The number of hydrogen-bond donors (Lipinski definition) is 2. The van der Waals surface area contributed by atoms with Gasteiger partial charge in [0, 0.05) is 18.9 Å². The molecule has 1 aromatic heterocycles. The lowest BCUT2D eigenvalue weighted by atomic mass is 10.00. The third kappa shape index (κ3) is 2.55. The molecule has 0 saturated carbocycles. The highest BCUT2D eigenvalue weighted by atomic mass is 16.4. The zero-order valence-electron chi connectivity index (χ0n) is 7.47. The minimum absolute atomic E-state index is 0.388. The van der Waals surface area contributed by atoms with Crippen molar-refractivity contribution in [3.63, 3.8) is 0 Å². The van der Waals surface area contributed by atoms with Gasteiger partial charge in [-0.3, -0.25) is 4.79 Å². The molecule has 1 heterocycles. The van der Waals surface area contributed by atoms with Crippen LogP contribution in [0.3, 0.4) is 0 Å². The van der Waals surface area contributed by atoms with Gasteiger partial charge in [0.2, 0.25) is 0 Å². The van der Waals surface area contributed by atoms with Crippen molar-refractivity contribution in [2.45, 2.75) is 25.4 Å². The van der Waals surface area contributed by atoms with E-state index in [4.69, 9.17) is 10.8 Å². The second kappa shape index (κ2) is 3.57. The summed E-state index contributed by atoms with van der Waals surface area (Å²) in [6.45, 7) is 2.07. The average Bonchev–Trinajstić information content (AvgIpc) is 2.52. The summed E-state index contributed by atoms with van der Waals surface area (Å²) in [5, 5.41) is 8.72. The molecule has 1 unspecified atom stereocenters. The number of aromatic nitrogens is 2. The molecule has 1 rings (SSSR count). The first-order valence-corrected chi connectivity index (χ1v) is 4.00. The lowest BCUT2D eigenvalue weighted by Crippen LogP contribution is -2.45. The highest BCUT2D eigenvalue weighted by Crippen LogP contribution is 2.07. The number of carboxylic acid groups (broad SMARTS) is 1. The molecule has 13 heavy (non-hydrogen) atoms. The smallest absolute Gasteiger partial charge is 0.323 e. The number of nitrogens with zero attached hydrogens (tertiary/aromatic N) is 2. The number of aliphatic carboxylic acids is 1. The van der Waals surface area contributed by atoms with E-state index in [0.717, 1.165) is 0 Å². The van der Waals surface area contributed by atoms with Crippen LogP contribution in [0, 0.1) is 0 Å². The number of aryl methyl sites for hydroxylation is 1. The van der Waals surface area contributed by atoms with Crippen LogP contribution in [0.2, 0.25) is 0 Å². The SMILES string of the molecule is CC(N)(CCn1ccnc1)C(=O)O. The molecule has 3 N–H and O–H groups in total. The molecule has 1 atom stereocenters. The van der Waals surface area contributed by atoms with Crippen LogP contribution in [-0.2, 0) is 11.3 Å². The summed E-state index contributed by atoms with van der Waals surface area (Å²) >= 11 is 0. The van der Waals surface area contributed by atoms with Crippen molar-refractivity contribution in [3.05, 3.63) is 18.7 Å². The number of carboxylic acids is 1. The Morgan fingerprint density at radius 3 is 2.92 bits per heavy atom. The monoisotopic (exact) mass is 183 g/mol. The van der Waals surface area contributed by atoms with Crippen LogP contribution in [0.25, 0.3) is 0 Å². The molecule has 0 spiro atoms. The van der Waals surface area contributed by atoms with Crippen LogP contribution in [0.15, 0.2) is 18.7 Å². The first-order chi connectivity index (χ1) is 6.02. The summed E-state index contributed by atoms with van der Waals surface area (Å²) in [5.74, 6) is -0.979. The van der Waals surface area contributed by atoms with Gasteiger partial charge in [0.05, 0.1) is 6.33 Å². The van der Waals surface area contributed by atoms with Gasteiger partial charge in [-0.15, -0.1) is 0 Å². The van der Waals surface area contributed by atoms with E-state index in [1.165, 1.54) is 6.92 Å². The van der Waals surface area contributed by atoms with Crippen LogP contribution in [-0.4, -0.2) is 26.2 Å². The van der Waals surface area contributed by atoms with Crippen molar-refractivity contribution in [1.82, 2.24) is 9.55 Å². The van der Waals surface area contributed by atoms with Crippen LogP contribution in [0.4, 0.5) is 0 Å². The Balaban J connectivity index is 2.47. The Morgan fingerprint density at radius 1 is 1.77 bits per heavy atom. The van der Waals surface area contributed by atoms with E-state index in [9.17, 15) is 4.79 Å². The predicted molar refractivity (Wildman–Crippen MR) is 47.1 cm³/mol. The van der Waals surface area contributed by atoms with Crippen molar-refractivity contribution >= 4 is 5.97 Å². The average molecular weight is 183 g/mol. The minimum atomic E-state index is -1.16. The van der Waals surface area contributed by atoms with Gasteiger partial charge in [-0.05, 0) is 13.3 Å². The van der Waals surface area contributed by atoms with Crippen LogP contribution >= 0.6 is 0 Å². The van der Waals surface area contributed by atoms with Gasteiger partial charge in [-0.25, -0.2) is 4.98 Å². The lowest BCUT2D eigenvalue weighted by Gasteiger charge is -2.18. The van der Waals surface area contributed by atoms with E-state index in [2.05, 4.69) is 4.98 Å². The molecule has 0 fully saturated rings. The lowest BCUT2D eigenvalue weighted by molar-refractivity contribution is -0.143. The number of nitrogens with two attached hydrogens (primary N) is 1. The third-order valence-electron chi connectivity index (χ3n) is 1.94. The summed E-state index contributed by atoms with van der Waals surface area (Å²) in [4.78, 5) is 14.5. The van der Waals surface area contributed by atoms with Gasteiger partial charge in [-0.1, -0.05) is 0 Å². The molecule has 0 bridgehead atoms. The van der Waals surface area contributed by atoms with Gasteiger partial charge in [0.15, 0.2) is 0 Å². The Labute approximate surface area is 76.2 Å². The Kier molecular flexibility index (Phi) is 2.67. The summed E-state index contributed by atoms with van der Waals surface area (Å²) in [6, 6.07) is 0. The molecule has 0 saturated heterocycles. The van der Waals surface area contributed by atoms with Crippen LogP contribution < -0.4 is 5.73 Å². The summed E-state index contributed by atoms with van der Waals surface area (Å²) in [5.41, 5.74) is 4.38. The maximum atomic E-state index is 10.6. The highest BCUT2D eigenvalue weighted by molar-refractivity contribution is 5.77. The molecule has 0 aliphatic carbocycles. The van der Waals surface area contributed by atoms with E-state index < -0.39 is 11.5 Å². The zero-order valence-corrected chi connectivity index (χ0v) is 7.47. The molecule has 5 nitrogen and oxygen atoms in total. The molecule has 72 valence electrons. The summed E-state index contributed by atoms with van der Waals surface area (Å²) in [6.07, 6.45) is 5.45. The zero-order chi connectivity index (χ0) is 9.90. The van der Waals surface area contributed by atoms with Gasteiger partial charge < -0.3 is 15.4 Å². The number of hydrogen-bond acceptors (Lipinski definition) is 3. The van der Waals surface area contributed by atoms with Gasteiger partial charge in [0.25, 0.3) is 0 Å².